The highest BCUT2D eigenvalue weighted by atomic mass is 35.5. The minimum absolute atomic E-state index is 0.00603. The monoisotopic (exact) mass is 377 g/mol. The molecule has 1 saturated heterocycles. The molecule has 0 radical (unpaired) electrons. The van der Waals surface area contributed by atoms with Gasteiger partial charge >= 0.3 is 0 Å². The van der Waals surface area contributed by atoms with Crippen LogP contribution in [0.4, 0.5) is 0 Å². The Balaban J connectivity index is 1.90. The van der Waals surface area contributed by atoms with Crippen molar-refractivity contribution < 1.29 is 17.4 Å². The minimum Gasteiger partial charge on any atom is -0.489 e. The standard InChI is InChI=1S/C15H20ClNO4S2/c1-10-7-11-8-13(9-14(16)15(11)21-10)23(19,20)17(2)12-3-5-22(18)6-4-12/h8-10,12H,3-7H2,1-2H3. The zero-order valence-electron chi connectivity index (χ0n) is 13.1. The lowest BCUT2D eigenvalue weighted by atomic mass is 10.1. The van der Waals surface area contributed by atoms with Crippen molar-refractivity contribution >= 4 is 32.4 Å². The van der Waals surface area contributed by atoms with E-state index in [0.29, 0.717) is 41.5 Å². The zero-order valence-corrected chi connectivity index (χ0v) is 15.5. The zero-order chi connectivity index (χ0) is 16.8. The number of hydrogen-bond acceptors (Lipinski definition) is 4. The summed E-state index contributed by atoms with van der Waals surface area (Å²) in [6.07, 6.45) is 1.92. The second kappa shape index (κ2) is 6.35. The summed E-state index contributed by atoms with van der Waals surface area (Å²) in [6.45, 7) is 1.93. The summed E-state index contributed by atoms with van der Waals surface area (Å²) in [6, 6.07) is 3.02. The third-order valence-corrected chi connectivity index (χ3v) is 8.02. The molecule has 2 aliphatic rings. The van der Waals surface area contributed by atoms with E-state index in [-0.39, 0.29) is 17.0 Å². The molecule has 1 aromatic carbocycles. The Morgan fingerprint density at radius 3 is 2.61 bits per heavy atom. The van der Waals surface area contributed by atoms with Gasteiger partial charge in [-0.2, -0.15) is 4.31 Å². The Labute approximate surface area is 144 Å². The fraction of sp³-hybridized carbons (Fsp3) is 0.600. The largest absolute Gasteiger partial charge is 0.489 e. The van der Waals surface area contributed by atoms with Crippen LogP contribution in [0, 0.1) is 0 Å². The van der Waals surface area contributed by atoms with Crippen molar-refractivity contribution in [3.63, 3.8) is 0 Å². The number of fused-ring (bicyclic) bond motifs is 1. The van der Waals surface area contributed by atoms with Crippen molar-refractivity contribution in [2.45, 2.75) is 43.2 Å². The van der Waals surface area contributed by atoms with Crippen molar-refractivity contribution in [3.05, 3.63) is 22.7 Å². The first-order valence-corrected chi connectivity index (χ1v) is 10.9. The van der Waals surface area contributed by atoms with Crippen LogP contribution in [-0.2, 0) is 27.2 Å². The van der Waals surface area contributed by atoms with Gasteiger partial charge < -0.3 is 4.74 Å². The van der Waals surface area contributed by atoms with E-state index in [1.807, 2.05) is 6.92 Å². The van der Waals surface area contributed by atoms with Gasteiger partial charge in [0.25, 0.3) is 0 Å². The van der Waals surface area contributed by atoms with E-state index < -0.39 is 20.8 Å². The van der Waals surface area contributed by atoms with Gasteiger partial charge in [-0.05, 0) is 31.9 Å². The van der Waals surface area contributed by atoms with E-state index in [4.69, 9.17) is 16.3 Å². The van der Waals surface area contributed by atoms with Crippen LogP contribution in [-0.4, -0.2) is 47.6 Å². The molecular weight excluding hydrogens is 358 g/mol. The third-order valence-electron chi connectivity index (χ3n) is 4.47. The number of sulfonamides is 1. The van der Waals surface area contributed by atoms with Gasteiger partial charge in [0.1, 0.15) is 11.9 Å². The Morgan fingerprint density at radius 1 is 1.30 bits per heavy atom. The normalized spacial score (nSPS) is 27.7. The van der Waals surface area contributed by atoms with Crippen LogP contribution >= 0.6 is 11.6 Å². The van der Waals surface area contributed by atoms with Gasteiger partial charge in [0.05, 0.1) is 9.92 Å². The van der Waals surface area contributed by atoms with Gasteiger partial charge in [-0.1, -0.05) is 11.6 Å². The second-order valence-electron chi connectivity index (χ2n) is 6.13. The maximum absolute atomic E-state index is 12.9. The summed E-state index contributed by atoms with van der Waals surface area (Å²) in [5.41, 5.74) is 0.835. The lowest BCUT2D eigenvalue weighted by Crippen LogP contribution is -2.41. The molecule has 128 valence electrons. The molecular formula is C15H20ClNO4S2. The molecule has 0 amide bonds. The molecule has 3 rings (SSSR count). The second-order valence-corrected chi connectivity index (χ2v) is 10.2. The molecule has 0 spiro atoms. The van der Waals surface area contributed by atoms with Crippen LogP contribution < -0.4 is 4.74 Å². The molecule has 8 heteroatoms. The molecule has 1 aromatic rings. The highest BCUT2D eigenvalue weighted by molar-refractivity contribution is 7.89. The molecule has 0 N–H and O–H groups in total. The maximum Gasteiger partial charge on any atom is 0.243 e. The SMILES string of the molecule is CC1Cc2cc(S(=O)(=O)N(C)C3CCS(=O)CC3)cc(Cl)c2O1. The molecule has 0 aromatic heterocycles. The predicted octanol–water partition coefficient (Wildman–Crippen LogP) is 2.20. The fourth-order valence-corrected chi connectivity index (χ4v) is 6.23. The average Bonchev–Trinajstić information content (AvgIpc) is 2.88. The smallest absolute Gasteiger partial charge is 0.243 e. The van der Waals surface area contributed by atoms with Crippen LogP contribution in [0.25, 0.3) is 0 Å². The van der Waals surface area contributed by atoms with Crippen molar-refractivity contribution in [2.75, 3.05) is 18.6 Å². The van der Waals surface area contributed by atoms with Crippen molar-refractivity contribution in [1.29, 1.82) is 0 Å². The van der Waals surface area contributed by atoms with E-state index in [1.54, 1.807) is 13.1 Å². The first-order chi connectivity index (χ1) is 10.8. The summed E-state index contributed by atoms with van der Waals surface area (Å²) in [7, 11) is -2.85. The number of nitrogens with zero attached hydrogens (tertiary/aromatic N) is 1. The summed E-state index contributed by atoms with van der Waals surface area (Å²) in [5.74, 6) is 1.70. The van der Waals surface area contributed by atoms with E-state index >= 15 is 0 Å². The third kappa shape index (κ3) is 3.29. The summed E-state index contributed by atoms with van der Waals surface area (Å²) in [5, 5.41) is 0.337. The first kappa shape index (κ1) is 17.2. The summed E-state index contributed by atoms with van der Waals surface area (Å²) >= 11 is 6.21. The Hall–Kier alpha value is -0.630. The molecule has 2 aliphatic heterocycles. The lowest BCUT2D eigenvalue weighted by Gasteiger charge is -2.30. The molecule has 1 unspecified atom stereocenters. The topological polar surface area (TPSA) is 63.7 Å². The quantitative estimate of drug-likeness (QED) is 0.810. The molecule has 1 atom stereocenters. The number of rotatable bonds is 3. The molecule has 1 fully saturated rings. The van der Waals surface area contributed by atoms with Crippen LogP contribution in [0.1, 0.15) is 25.3 Å². The van der Waals surface area contributed by atoms with E-state index in [1.165, 1.54) is 10.4 Å². The van der Waals surface area contributed by atoms with Gasteiger partial charge in [-0.25, -0.2) is 8.42 Å². The fourth-order valence-electron chi connectivity index (χ4n) is 3.12. The van der Waals surface area contributed by atoms with Crippen molar-refractivity contribution in [1.82, 2.24) is 4.31 Å². The predicted molar refractivity (Wildman–Crippen MR) is 91.1 cm³/mol. The van der Waals surface area contributed by atoms with Crippen LogP contribution in [0.3, 0.4) is 0 Å². The van der Waals surface area contributed by atoms with Gasteiger partial charge in [-0.15, -0.1) is 0 Å². The molecule has 5 nitrogen and oxygen atoms in total. The van der Waals surface area contributed by atoms with Gasteiger partial charge in [-0.3, -0.25) is 4.21 Å². The van der Waals surface area contributed by atoms with Crippen LogP contribution in [0.5, 0.6) is 5.75 Å². The van der Waals surface area contributed by atoms with Gasteiger partial charge in [0.2, 0.25) is 10.0 Å². The molecule has 23 heavy (non-hydrogen) atoms. The first-order valence-electron chi connectivity index (χ1n) is 7.61. The average molecular weight is 378 g/mol. The minimum atomic E-state index is -3.62. The molecule has 0 bridgehead atoms. The Bertz CT molecular complexity index is 740. The van der Waals surface area contributed by atoms with E-state index in [2.05, 4.69) is 0 Å². The number of halogens is 1. The summed E-state index contributed by atoms with van der Waals surface area (Å²) in [4.78, 5) is 0.202. The van der Waals surface area contributed by atoms with E-state index in [9.17, 15) is 12.6 Å². The number of benzene rings is 1. The lowest BCUT2D eigenvalue weighted by molar-refractivity contribution is 0.255. The van der Waals surface area contributed by atoms with Crippen LogP contribution in [0.15, 0.2) is 17.0 Å². The number of hydrogen-bond donors (Lipinski definition) is 0. The van der Waals surface area contributed by atoms with Crippen molar-refractivity contribution in [2.24, 2.45) is 0 Å². The molecule has 2 heterocycles. The summed E-state index contributed by atoms with van der Waals surface area (Å²) < 4.78 is 44.3. The molecule has 0 saturated carbocycles. The van der Waals surface area contributed by atoms with Gasteiger partial charge in [0.15, 0.2) is 0 Å². The van der Waals surface area contributed by atoms with Gasteiger partial charge in [0, 0.05) is 47.4 Å². The Morgan fingerprint density at radius 2 is 1.96 bits per heavy atom. The number of ether oxygens (including phenoxy) is 1. The molecule has 0 aliphatic carbocycles. The van der Waals surface area contributed by atoms with Crippen molar-refractivity contribution in [3.8, 4) is 5.75 Å². The van der Waals surface area contributed by atoms with E-state index in [0.717, 1.165) is 5.56 Å². The van der Waals surface area contributed by atoms with Crippen LogP contribution in [0.2, 0.25) is 5.02 Å². The Kier molecular flexibility index (Phi) is 4.75. The highest BCUT2D eigenvalue weighted by Crippen LogP contribution is 2.38. The highest BCUT2D eigenvalue weighted by Gasteiger charge is 2.32. The maximum atomic E-state index is 12.9.